The standard InChI is InChI=1S/C15H19N5O/c1-9-7-13(17-14-8-10(2)19-20-14)18-15(16-9)11-3-5-12(21)6-4-11/h7-8,11H,3-6H2,1-2H3,(H2,16,17,18,19,20). The molecule has 0 aliphatic heterocycles. The number of aryl methyl sites for hydroxylation is 2. The monoisotopic (exact) mass is 285 g/mol. The molecule has 0 bridgehead atoms. The minimum absolute atomic E-state index is 0.282. The van der Waals surface area contributed by atoms with E-state index in [1.165, 1.54) is 0 Å². The van der Waals surface area contributed by atoms with Crippen LogP contribution in [0.15, 0.2) is 12.1 Å². The van der Waals surface area contributed by atoms with Gasteiger partial charge in [-0.15, -0.1) is 0 Å². The normalized spacial score (nSPS) is 16.2. The predicted molar refractivity (Wildman–Crippen MR) is 79.6 cm³/mol. The van der Waals surface area contributed by atoms with Crippen LogP contribution in [0.1, 0.15) is 48.8 Å². The highest BCUT2D eigenvalue weighted by atomic mass is 16.1. The molecule has 1 fully saturated rings. The Morgan fingerprint density at radius 3 is 2.57 bits per heavy atom. The van der Waals surface area contributed by atoms with Gasteiger partial charge in [0.15, 0.2) is 5.82 Å². The minimum atomic E-state index is 0.282. The summed E-state index contributed by atoms with van der Waals surface area (Å²) < 4.78 is 0. The van der Waals surface area contributed by atoms with Gasteiger partial charge in [-0.3, -0.25) is 9.89 Å². The largest absolute Gasteiger partial charge is 0.323 e. The molecule has 2 aromatic rings. The molecule has 0 atom stereocenters. The van der Waals surface area contributed by atoms with Crippen LogP contribution >= 0.6 is 0 Å². The van der Waals surface area contributed by atoms with E-state index in [1.807, 2.05) is 26.0 Å². The van der Waals surface area contributed by atoms with Crippen LogP contribution in [0.2, 0.25) is 0 Å². The van der Waals surface area contributed by atoms with Crippen molar-refractivity contribution in [2.75, 3.05) is 5.32 Å². The second-order valence-electron chi connectivity index (χ2n) is 5.63. The van der Waals surface area contributed by atoms with Gasteiger partial charge in [0.25, 0.3) is 0 Å². The molecule has 0 aromatic carbocycles. The second kappa shape index (κ2) is 5.63. The molecule has 1 aliphatic carbocycles. The van der Waals surface area contributed by atoms with Crippen LogP contribution < -0.4 is 5.32 Å². The molecule has 2 heterocycles. The quantitative estimate of drug-likeness (QED) is 0.906. The number of rotatable bonds is 3. The van der Waals surface area contributed by atoms with Gasteiger partial charge in [-0.05, 0) is 26.7 Å². The number of aromatic nitrogens is 4. The fourth-order valence-corrected chi connectivity index (χ4v) is 2.65. The van der Waals surface area contributed by atoms with Crippen LogP contribution in [-0.4, -0.2) is 25.9 Å². The molecule has 2 N–H and O–H groups in total. The Kier molecular flexibility index (Phi) is 3.68. The van der Waals surface area contributed by atoms with E-state index >= 15 is 0 Å². The highest BCUT2D eigenvalue weighted by molar-refractivity contribution is 5.79. The molecular weight excluding hydrogens is 266 g/mol. The molecule has 6 heteroatoms. The van der Waals surface area contributed by atoms with Gasteiger partial charge < -0.3 is 5.32 Å². The van der Waals surface area contributed by atoms with Gasteiger partial charge >= 0.3 is 0 Å². The second-order valence-corrected chi connectivity index (χ2v) is 5.63. The van der Waals surface area contributed by atoms with Gasteiger partial charge in [0.2, 0.25) is 0 Å². The number of anilines is 2. The molecule has 110 valence electrons. The van der Waals surface area contributed by atoms with E-state index < -0.39 is 0 Å². The van der Waals surface area contributed by atoms with Crippen LogP contribution in [0.3, 0.4) is 0 Å². The van der Waals surface area contributed by atoms with Gasteiger partial charge in [0.05, 0.1) is 0 Å². The molecular formula is C15H19N5O. The number of hydrogen-bond donors (Lipinski definition) is 2. The zero-order valence-corrected chi connectivity index (χ0v) is 12.3. The third-order valence-corrected chi connectivity index (χ3v) is 3.74. The van der Waals surface area contributed by atoms with Crippen molar-refractivity contribution < 1.29 is 4.79 Å². The molecule has 1 saturated carbocycles. The molecule has 0 amide bonds. The Labute approximate surface area is 123 Å². The van der Waals surface area contributed by atoms with Crippen LogP contribution in [-0.2, 0) is 4.79 Å². The number of carbonyl (C=O) groups is 1. The number of ketones is 1. The summed E-state index contributed by atoms with van der Waals surface area (Å²) in [5, 5.41) is 10.2. The smallest absolute Gasteiger partial charge is 0.153 e. The lowest BCUT2D eigenvalue weighted by Crippen LogP contribution is -2.15. The summed E-state index contributed by atoms with van der Waals surface area (Å²) in [6.07, 6.45) is 2.99. The summed E-state index contributed by atoms with van der Waals surface area (Å²) in [6, 6.07) is 3.83. The predicted octanol–water partition coefficient (Wildman–Crippen LogP) is 2.79. The first-order valence-corrected chi connectivity index (χ1v) is 7.26. The first-order chi connectivity index (χ1) is 10.1. The topological polar surface area (TPSA) is 83.6 Å². The van der Waals surface area contributed by atoms with Crippen molar-refractivity contribution in [2.45, 2.75) is 45.4 Å². The van der Waals surface area contributed by atoms with Crippen LogP contribution in [0.4, 0.5) is 11.6 Å². The van der Waals surface area contributed by atoms with E-state index in [1.54, 1.807) is 0 Å². The summed E-state index contributed by atoms with van der Waals surface area (Å²) in [4.78, 5) is 20.5. The van der Waals surface area contributed by atoms with Crippen LogP contribution in [0.5, 0.6) is 0 Å². The van der Waals surface area contributed by atoms with Crippen LogP contribution in [0, 0.1) is 13.8 Å². The number of Topliss-reactive ketones (excluding diaryl/α,β-unsaturated/α-hetero) is 1. The number of nitrogens with one attached hydrogen (secondary N) is 2. The molecule has 3 rings (SSSR count). The van der Waals surface area contributed by atoms with Crippen LogP contribution in [0.25, 0.3) is 0 Å². The highest BCUT2D eigenvalue weighted by Gasteiger charge is 2.23. The highest BCUT2D eigenvalue weighted by Crippen LogP contribution is 2.30. The molecule has 0 spiro atoms. The third-order valence-electron chi connectivity index (χ3n) is 3.74. The molecule has 0 unspecified atom stereocenters. The summed E-state index contributed by atoms with van der Waals surface area (Å²) in [5.41, 5.74) is 1.92. The molecule has 6 nitrogen and oxygen atoms in total. The lowest BCUT2D eigenvalue weighted by molar-refractivity contribution is -0.120. The van der Waals surface area contributed by atoms with Crippen molar-refractivity contribution in [3.63, 3.8) is 0 Å². The Morgan fingerprint density at radius 1 is 1.14 bits per heavy atom. The van der Waals surface area contributed by atoms with Crippen molar-refractivity contribution in [1.29, 1.82) is 0 Å². The average molecular weight is 285 g/mol. The van der Waals surface area contributed by atoms with E-state index in [-0.39, 0.29) is 5.92 Å². The summed E-state index contributed by atoms with van der Waals surface area (Å²) in [7, 11) is 0. The van der Waals surface area contributed by atoms with Gasteiger partial charge in [-0.25, -0.2) is 9.97 Å². The minimum Gasteiger partial charge on any atom is -0.323 e. The molecule has 0 saturated heterocycles. The Morgan fingerprint density at radius 2 is 1.90 bits per heavy atom. The van der Waals surface area contributed by atoms with Gasteiger partial charge in [0.1, 0.15) is 17.4 Å². The number of nitrogens with zero attached hydrogens (tertiary/aromatic N) is 3. The van der Waals surface area contributed by atoms with Crippen molar-refractivity contribution in [2.24, 2.45) is 0 Å². The van der Waals surface area contributed by atoms with Crippen molar-refractivity contribution >= 4 is 17.4 Å². The lowest BCUT2D eigenvalue weighted by atomic mass is 9.88. The third kappa shape index (κ3) is 3.26. The average Bonchev–Trinajstić information content (AvgIpc) is 2.84. The zero-order valence-electron chi connectivity index (χ0n) is 12.3. The Bertz CT molecular complexity index is 654. The van der Waals surface area contributed by atoms with E-state index in [0.29, 0.717) is 18.6 Å². The SMILES string of the molecule is Cc1cc(Nc2cc(C)[nH]n2)nc(C2CCC(=O)CC2)n1. The maximum absolute atomic E-state index is 11.4. The molecule has 0 radical (unpaired) electrons. The Hall–Kier alpha value is -2.24. The van der Waals surface area contributed by atoms with Crippen molar-refractivity contribution in [3.05, 3.63) is 29.3 Å². The zero-order chi connectivity index (χ0) is 14.8. The van der Waals surface area contributed by atoms with Gasteiger partial charge in [0, 0.05) is 42.3 Å². The summed E-state index contributed by atoms with van der Waals surface area (Å²) in [5.74, 6) is 2.96. The maximum atomic E-state index is 11.4. The first kappa shape index (κ1) is 13.7. The van der Waals surface area contributed by atoms with Gasteiger partial charge in [-0.2, -0.15) is 5.10 Å². The fraction of sp³-hybridized carbons (Fsp3) is 0.467. The lowest BCUT2D eigenvalue weighted by Gasteiger charge is -2.20. The van der Waals surface area contributed by atoms with Crippen molar-refractivity contribution in [1.82, 2.24) is 20.2 Å². The Balaban J connectivity index is 1.80. The fourth-order valence-electron chi connectivity index (χ4n) is 2.65. The molecule has 21 heavy (non-hydrogen) atoms. The van der Waals surface area contributed by atoms with E-state index in [9.17, 15) is 4.79 Å². The molecule has 2 aromatic heterocycles. The molecule has 1 aliphatic rings. The summed E-state index contributed by atoms with van der Waals surface area (Å²) >= 11 is 0. The number of aromatic amines is 1. The van der Waals surface area contributed by atoms with Gasteiger partial charge in [-0.1, -0.05) is 0 Å². The number of carbonyl (C=O) groups excluding carboxylic acids is 1. The van der Waals surface area contributed by atoms with E-state index in [0.717, 1.165) is 41.7 Å². The first-order valence-electron chi connectivity index (χ1n) is 7.26. The maximum Gasteiger partial charge on any atom is 0.153 e. The number of H-pyrrole nitrogens is 1. The van der Waals surface area contributed by atoms with Crippen molar-refractivity contribution in [3.8, 4) is 0 Å². The summed E-state index contributed by atoms with van der Waals surface area (Å²) in [6.45, 7) is 3.91. The van der Waals surface area contributed by atoms with E-state index in [2.05, 4.69) is 25.5 Å². The number of hydrogen-bond acceptors (Lipinski definition) is 5. The van der Waals surface area contributed by atoms with E-state index in [4.69, 9.17) is 0 Å².